The summed E-state index contributed by atoms with van der Waals surface area (Å²) >= 11 is 0. The van der Waals surface area contributed by atoms with Gasteiger partial charge >= 0.3 is 0 Å². The molecule has 1 heterocycles. The Hall–Kier alpha value is -1.89. The second kappa shape index (κ2) is 5.63. The minimum Gasteiger partial charge on any atom is -0.361 e. The van der Waals surface area contributed by atoms with Crippen molar-refractivity contribution in [1.29, 1.82) is 0 Å². The van der Waals surface area contributed by atoms with Crippen molar-refractivity contribution in [3.63, 3.8) is 0 Å². The van der Waals surface area contributed by atoms with Crippen LogP contribution in [0.3, 0.4) is 0 Å². The van der Waals surface area contributed by atoms with Crippen molar-refractivity contribution in [3.05, 3.63) is 11.9 Å². The van der Waals surface area contributed by atoms with E-state index in [4.69, 9.17) is 5.84 Å². The van der Waals surface area contributed by atoms with Crippen LogP contribution in [0, 0.1) is 0 Å². The number of anilines is 2. The average molecular weight is 252 g/mol. The molecular weight excluding hydrogens is 232 g/mol. The quantitative estimate of drug-likeness (QED) is 0.451. The third-order valence-electron chi connectivity index (χ3n) is 2.25. The van der Waals surface area contributed by atoms with Crippen LogP contribution in [-0.2, 0) is 10.2 Å². The molecule has 1 aromatic heterocycles. The number of amides is 1. The first-order valence-electron chi connectivity index (χ1n) is 5.67. The number of aromatic nitrogens is 2. The van der Waals surface area contributed by atoms with Crippen molar-refractivity contribution in [2.45, 2.75) is 26.2 Å². The average Bonchev–Trinajstić information content (AvgIpc) is 2.34. The van der Waals surface area contributed by atoms with Crippen molar-refractivity contribution in [3.8, 4) is 0 Å². The lowest BCUT2D eigenvalue weighted by Gasteiger charge is -2.18. The Labute approximate surface area is 107 Å². The number of nitrogen functional groups attached to an aromatic ring is 1. The van der Waals surface area contributed by atoms with Gasteiger partial charge in [-0.1, -0.05) is 20.8 Å². The Bertz CT molecular complexity index is 426. The van der Waals surface area contributed by atoms with Gasteiger partial charge < -0.3 is 16.1 Å². The second-order valence-corrected chi connectivity index (χ2v) is 4.88. The number of nitrogens with two attached hydrogens (primary N) is 1. The molecule has 0 saturated carbocycles. The van der Waals surface area contributed by atoms with E-state index in [2.05, 4.69) is 26.0 Å². The van der Waals surface area contributed by atoms with Gasteiger partial charge in [0.2, 0.25) is 5.91 Å². The molecule has 0 spiro atoms. The van der Waals surface area contributed by atoms with Gasteiger partial charge in [0.05, 0.1) is 6.54 Å². The molecule has 0 fully saturated rings. The fraction of sp³-hybridized carbons (Fsp3) is 0.545. The van der Waals surface area contributed by atoms with Crippen LogP contribution < -0.4 is 21.9 Å². The first-order valence-corrected chi connectivity index (χ1v) is 5.67. The summed E-state index contributed by atoms with van der Waals surface area (Å²) in [5.41, 5.74) is 2.29. The first-order chi connectivity index (χ1) is 8.36. The molecule has 0 radical (unpaired) electrons. The maximum absolute atomic E-state index is 11.2. The number of hydrogen-bond acceptors (Lipinski definition) is 6. The number of rotatable bonds is 4. The highest BCUT2D eigenvalue weighted by molar-refractivity contribution is 5.80. The molecule has 1 rings (SSSR count). The van der Waals surface area contributed by atoms with Crippen LogP contribution in [0.15, 0.2) is 6.07 Å². The number of carbonyl (C=O) groups excluding carboxylic acids is 1. The zero-order valence-electron chi connectivity index (χ0n) is 11.2. The van der Waals surface area contributed by atoms with Crippen LogP contribution in [0.25, 0.3) is 0 Å². The third kappa shape index (κ3) is 3.85. The van der Waals surface area contributed by atoms with Gasteiger partial charge in [-0.3, -0.25) is 4.79 Å². The molecule has 0 aliphatic heterocycles. The largest absolute Gasteiger partial charge is 0.361 e. The summed E-state index contributed by atoms with van der Waals surface area (Å²) in [6.07, 6.45) is 0. The molecule has 7 nitrogen and oxygen atoms in total. The minimum atomic E-state index is -0.198. The Morgan fingerprint density at radius 2 is 1.94 bits per heavy atom. The van der Waals surface area contributed by atoms with Crippen molar-refractivity contribution in [2.24, 2.45) is 5.84 Å². The van der Waals surface area contributed by atoms with Crippen molar-refractivity contribution >= 4 is 17.5 Å². The molecule has 0 aliphatic rings. The fourth-order valence-electron chi connectivity index (χ4n) is 1.21. The lowest BCUT2D eigenvalue weighted by Crippen LogP contribution is -2.27. The number of carbonyl (C=O) groups is 1. The molecule has 100 valence electrons. The van der Waals surface area contributed by atoms with Crippen molar-refractivity contribution in [2.75, 3.05) is 24.3 Å². The van der Waals surface area contributed by atoms with Crippen molar-refractivity contribution in [1.82, 2.24) is 15.3 Å². The smallest absolute Gasteiger partial charge is 0.239 e. The van der Waals surface area contributed by atoms with E-state index >= 15 is 0 Å². The Morgan fingerprint density at radius 3 is 2.44 bits per heavy atom. The first kappa shape index (κ1) is 14.2. The second-order valence-electron chi connectivity index (χ2n) is 4.88. The molecule has 0 saturated heterocycles. The molecule has 18 heavy (non-hydrogen) atoms. The normalized spacial score (nSPS) is 10.9. The minimum absolute atomic E-state index is 0.117. The van der Waals surface area contributed by atoms with Gasteiger partial charge in [0, 0.05) is 18.5 Å². The van der Waals surface area contributed by atoms with E-state index in [1.54, 1.807) is 13.1 Å². The number of hydrazine groups is 1. The highest BCUT2D eigenvalue weighted by Crippen LogP contribution is 2.21. The fourth-order valence-corrected chi connectivity index (χ4v) is 1.21. The number of nitrogens with one attached hydrogen (secondary N) is 3. The summed E-state index contributed by atoms with van der Waals surface area (Å²) in [7, 11) is 1.58. The molecule has 5 N–H and O–H groups in total. The molecule has 0 aliphatic carbocycles. The summed E-state index contributed by atoms with van der Waals surface area (Å²) in [4.78, 5) is 19.8. The monoisotopic (exact) mass is 252 g/mol. The summed E-state index contributed by atoms with van der Waals surface area (Å²) in [5, 5.41) is 5.45. The summed E-state index contributed by atoms with van der Waals surface area (Å²) in [6.45, 7) is 6.17. The van der Waals surface area contributed by atoms with Gasteiger partial charge in [0.15, 0.2) is 0 Å². The van der Waals surface area contributed by atoms with Crippen LogP contribution in [0.1, 0.15) is 26.6 Å². The molecule has 0 bridgehead atoms. The van der Waals surface area contributed by atoms with Crippen LogP contribution >= 0.6 is 0 Å². The molecule has 0 aromatic carbocycles. The van der Waals surface area contributed by atoms with E-state index in [9.17, 15) is 4.79 Å². The highest BCUT2D eigenvalue weighted by atomic mass is 16.1. The van der Waals surface area contributed by atoms with Crippen LogP contribution in [0.4, 0.5) is 11.6 Å². The lowest BCUT2D eigenvalue weighted by molar-refractivity contribution is -0.118. The summed E-state index contributed by atoms with van der Waals surface area (Å²) < 4.78 is 0. The molecule has 0 unspecified atom stereocenters. The van der Waals surface area contributed by atoms with E-state index in [0.29, 0.717) is 17.5 Å². The SMILES string of the molecule is CNC(=O)CNc1cc(NN)nc(C(C)(C)C)n1. The van der Waals surface area contributed by atoms with Gasteiger partial charge in [0.25, 0.3) is 0 Å². The number of likely N-dealkylation sites (N-methyl/N-ethyl adjacent to an activating group) is 1. The summed E-state index contributed by atoms with van der Waals surface area (Å²) in [6, 6.07) is 1.65. The topological polar surface area (TPSA) is 105 Å². The van der Waals surface area contributed by atoms with Gasteiger partial charge in [0.1, 0.15) is 17.5 Å². The van der Waals surface area contributed by atoms with Gasteiger partial charge in [-0.25, -0.2) is 15.8 Å². The maximum atomic E-state index is 11.2. The lowest BCUT2D eigenvalue weighted by atomic mass is 9.96. The summed E-state index contributed by atoms with van der Waals surface area (Å²) in [5.74, 6) is 6.97. The Balaban J connectivity index is 2.94. The predicted octanol–water partition coefficient (Wildman–Crippen LogP) is 0.218. The zero-order valence-corrected chi connectivity index (χ0v) is 11.2. The molecule has 1 aromatic rings. The van der Waals surface area contributed by atoms with Gasteiger partial charge in [-0.05, 0) is 0 Å². The molecule has 1 amide bonds. The maximum Gasteiger partial charge on any atom is 0.239 e. The third-order valence-corrected chi connectivity index (χ3v) is 2.25. The molecule has 7 heteroatoms. The predicted molar refractivity (Wildman–Crippen MR) is 71.1 cm³/mol. The zero-order chi connectivity index (χ0) is 13.8. The van der Waals surface area contributed by atoms with E-state index < -0.39 is 0 Å². The number of nitrogens with zero attached hydrogens (tertiary/aromatic N) is 2. The highest BCUT2D eigenvalue weighted by Gasteiger charge is 2.19. The van der Waals surface area contributed by atoms with E-state index in [1.807, 2.05) is 20.8 Å². The van der Waals surface area contributed by atoms with Crippen LogP contribution in [-0.4, -0.2) is 29.5 Å². The van der Waals surface area contributed by atoms with Gasteiger partial charge in [-0.2, -0.15) is 0 Å². The number of hydrogen-bond donors (Lipinski definition) is 4. The molecular formula is C11H20N6O. The van der Waals surface area contributed by atoms with E-state index in [-0.39, 0.29) is 17.9 Å². The van der Waals surface area contributed by atoms with E-state index in [0.717, 1.165) is 0 Å². The van der Waals surface area contributed by atoms with Gasteiger partial charge in [-0.15, -0.1) is 0 Å². The van der Waals surface area contributed by atoms with Crippen LogP contribution in [0.2, 0.25) is 0 Å². The molecule has 0 atom stereocenters. The van der Waals surface area contributed by atoms with Crippen molar-refractivity contribution < 1.29 is 4.79 Å². The Morgan fingerprint density at radius 1 is 1.33 bits per heavy atom. The standard InChI is InChI=1S/C11H20N6O/c1-11(2,3)10-15-7(5-8(16-10)17-12)14-6-9(18)13-4/h5H,6,12H2,1-4H3,(H,13,18)(H2,14,15,16,17). The Kier molecular flexibility index (Phi) is 4.43. The van der Waals surface area contributed by atoms with Crippen LogP contribution in [0.5, 0.6) is 0 Å². The van der Waals surface area contributed by atoms with E-state index in [1.165, 1.54) is 0 Å².